The summed E-state index contributed by atoms with van der Waals surface area (Å²) in [4.78, 5) is 23.1. The summed E-state index contributed by atoms with van der Waals surface area (Å²) in [5, 5.41) is 11.9. The summed E-state index contributed by atoms with van der Waals surface area (Å²) in [5.41, 5.74) is 2.38. The number of aryl methyl sites for hydroxylation is 1. The van der Waals surface area contributed by atoms with Gasteiger partial charge in [-0.1, -0.05) is 13.8 Å². The molecule has 1 aromatic carbocycles. The molecule has 4 heteroatoms. The molecule has 0 aromatic heterocycles. The number of hydrogen-bond acceptors (Lipinski definition) is 2. The van der Waals surface area contributed by atoms with Gasteiger partial charge in [-0.3, -0.25) is 4.79 Å². The highest BCUT2D eigenvalue weighted by Gasteiger charge is 2.16. The number of nitrogens with one attached hydrogen (secondary N) is 1. The van der Waals surface area contributed by atoms with E-state index in [0.29, 0.717) is 5.69 Å². The molecule has 0 saturated heterocycles. The van der Waals surface area contributed by atoms with E-state index in [-0.39, 0.29) is 17.4 Å². The van der Waals surface area contributed by atoms with Crippen LogP contribution >= 0.6 is 0 Å². The summed E-state index contributed by atoms with van der Waals surface area (Å²) in [5.74, 6) is -1.06. The van der Waals surface area contributed by atoms with Crippen molar-refractivity contribution in [1.82, 2.24) is 0 Å². The molecule has 4 nitrogen and oxygen atoms in total. The van der Waals surface area contributed by atoms with E-state index in [0.717, 1.165) is 24.0 Å². The minimum Gasteiger partial charge on any atom is -0.478 e. The Morgan fingerprint density at radius 1 is 1.21 bits per heavy atom. The van der Waals surface area contributed by atoms with E-state index in [9.17, 15) is 9.59 Å². The summed E-state index contributed by atoms with van der Waals surface area (Å²) >= 11 is 0. The van der Waals surface area contributed by atoms with E-state index >= 15 is 0 Å². The third-order valence-corrected chi connectivity index (χ3v) is 3.52. The first kappa shape index (κ1) is 15.2. The fraction of sp³-hybridized carbons (Fsp3) is 0.467. The average molecular weight is 263 g/mol. The zero-order chi connectivity index (χ0) is 14.6. The lowest BCUT2D eigenvalue weighted by atomic mass is 10.0. The number of rotatable bonds is 5. The molecule has 0 heterocycles. The highest BCUT2D eigenvalue weighted by molar-refractivity contribution is 5.96. The number of anilines is 1. The molecular weight excluding hydrogens is 242 g/mol. The maximum absolute atomic E-state index is 12.0. The van der Waals surface area contributed by atoms with Gasteiger partial charge in [0.05, 0.1) is 5.56 Å². The maximum Gasteiger partial charge on any atom is 0.336 e. The lowest BCUT2D eigenvalue weighted by Gasteiger charge is -2.15. The Bertz CT molecular complexity index is 490. The lowest BCUT2D eigenvalue weighted by molar-refractivity contribution is -0.120. The van der Waals surface area contributed by atoms with Crippen molar-refractivity contribution in [3.63, 3.8) is 0 Å². The molecular formula is C15H21NO3. The number of hydrogen-bond donors (Lipinski definition) is 2. The summed E-state index contributed by atoms with van der Waals surface area (Å²) in [7, 11) is 0. The Morgan fingerprint density at radius 3 is 2.26 bits per heavy atom. The van der Waals surface area contributed by atoms with Crippen LogP contribution in [0, 0.1) is 19.8 Å². The van der Waals surface area contributed by atoms with Gasteiger partial charge < -0.3 is 10.4 Å². The second-order valence-electron chi connectivity index (χ2n) is 4.77. The Kier molecular flexibility index (Phi) is 5.10. The quantitative estimate of drug-likeness (QED) is 0.855. The highest BCUT2D eigenvalue weighted by Crippen LogP contribution is 2.21. The highest BCUT2D eigenvalue weighted by atomic mass is 16.4. The van der Waals surface area contributed by atoms with Crippen LogP contribution in [0.15, 0.2) is 12.1 Å². The maximum atomic E-state index is 12.0. The minimum atomic E-state index is -0.973. The first-order valence-corrected chi connectivity index (χ1v) is 6.56. The van der Waals surface area contributed by atoms with E-state index < -0.39 is 5.97 Å². The summed E-state index contributed by atoms with van der Waals surface area (Å²) in [6, 6.07) is 3.33. The standard InChI is InChI=1S/C15H21NO3/c1-5-11(6-2)14(17)16-12-7-9(3)10(4)13(8-12)15(18)19/h7-8,11H,5-6H2,1-4H3,(H,16,17)(H,18,19). The summed E-state index contributed by atoms with van der Waals surface area (Å²) < 4.78 is 0. The Labute approximate surface area is 113 Å². The van der Waals surface area contributed by atoms with Crippen molar-refractivity contribution in [2.45, 2.75) is 40.5 Å². The van der Waals surface area contributed by atoms with Crippen LogP contribution in [0.3, 0.4) is 0 Å². The van der Waals surface area contributed by atoms with Gasteiger partial charge in [0.2, 0.25) is 5.91 Å². The van der Waals surface area contributed by atoms with Crippen molar-refractivity contribution in [2.24, 2.45) is 5.92 Å². The predicted octanol–water partition coefficient (Wildman–Crippen LogP) is 3.38. The SMILES string of the molecule is CCC(CC)C(=O)Nc1cc(C)c(C)c(C(=O)O)c1. The zero-order valence-corrected chi connectivity index (χ0v) is 11.9. The van der Waals surface area contributed by atoms with Crippen LogP contribution in [-0.4, -0.2) is 17.0 Å². The number of carboxylic acids is 1. The van der Waals surface area contributed by atoms with Crippen molar-refractivity contribution in [3.05, 3.63) is 28.8 Å². The second kappa shape index (κ2) is 6.36. The summed E-state index contributed by atoms with van der Waals surface area (Å²) in [6.45, 7) is 7.55. The van der Waals surface area contributed by atoms with Gasteiger partial charge in [0.15, 0.2) is 0 Å². The fourth-order valence-corrected chi connectivity index (χ4v) is 2.06. The number of aromatic carboxylic acids is 1. The van der Waals surface area contributed by atoms with Crippen LogP contribution in [0.2, 0.25) is 0 Å². The number of amides is 1. The number of carbonyl (C=O) groups excluding carboxylic acids is 1. The molecule has 0 aliphatic carbocycles. The van der Waals surface area contributed by atoms with E-state index in [1.54, 1.807) is 6.92 Å². The van der Waals surface area contributed by atoms with E-state index in [2.05, 4.69) is 5.32 Å². The molecule has 0 spiro atoms. The second-order valence-corrected chi connectivity index (χ2v) is 4.77. The third kappa shape index (κ3) is 3.56. The van der Waals surface area contributed by atoms with Crippen LogP contribution in [-0.2, 0) is 4.79 Å². The number of benzene rings is 1. The molecule has 0 radical (unpaired) electrons. The molecule has 0 aliphatic heterocycles. The van der Waals surface area contributed by atoms with Crippen LogP contribution in [0.25, 0.3) is 0 Å². The Hall–Kier alpha value is -1.84. The average Bonchev–Trinajstić information content (AvgIpc) is 2.34. The molecule has 104 valence electrons. The van der Waals surface area contributed by atoms with Crippen LogP contribution in [0.5, 0.6) is 0 Å². The number of carbonyl (C=O) groups is 2. The minimum absolute atomic E-state index is 0.0325. The van der Waals surface area contributed by atoms with E-state index in [1.165, 1.54) is 6.07 Å². The van der Waals surface area contributed by atoms with Crippen LogP contribution < -0.4 is 5.32 Å². The van der Waals surface area contributed by atoms with E-state index in [4.69, 9.17) is 5.11 Å². The first-order chi connectivity index (χ1) is 8.90. The molecule has 0 aliphatic rings. The van der Waals surface area contributed by atoms with Gasteiger partial charge in [0.25, 0.3) is 0 Å². The normalized spacial score (nSPS) is 10.6. The van der Waals surface area contributed by atoms with Gasteiger partial charge >= 0.3 is 5.97 Å². The molecule has 0 saturated carbocycles. The third-order valence-electron chi connectivity index (χ3n) is 3.52. The fourth-order valence-electron chi connectivity index (χ4n) is 2.06. The molecule has 0 unspecified atom stereocenters. The predicted molar refractivity (Wildman–Crippen MR) is 75.6 cm³/mol. The molecule has 1 rings (SSSR count). The van der Waals surface area contributed by atoms with Crippen LogP contribution in [0.4, 0.5) is 5.69 Å². The van der Waals surface area contributed by atoms with E-state index in [1.807, 2.05) is 26.8 Å². The largest absolute Gasteiger partial charge is 0.478 e. The zero-order valence-electron chi connectivity index (χ0n) is 11.9. The molecule has 19 heavy (non-hydrogen) atoms. The van der Waals surface area contributed by atoms with Gasteiger partial charge in [-0.15, -0.1) is 0 Å². The molecule has 2 N–H and O–H groups in total. The van der Waals surface area contributed by atoms with Gasteiger partial charge in [-0.2, -0.15) is 0 Å². The Balaban J connectivity index is 3.03. The van der Waals surface area contributed by atoms with Crippen molar-refractivity contribution < 1.29 is 14.7 Å². The molecule has 1 aromatic rings. The van der Waals surface area contributed by atoms with Crippen molar-refractivity contribution >= 4 is 17.6 Å². The monoisotopic (exact) mass is 263 g/mol. The number of carboxylic acid groups (broad SMARTS) is 1. The summed E-state index contributed by atoms with van der Waals surface area (Å²) in [6.07, 6.45) is 1.55. The molecule has 0 atom stereocenters. The molecule has 0 fully saturated rings. The van der Waals surface area contributed by atoms with Gasteiger partial charge in [0, 0.05) is 11.6 Å². The smallest absolute Gasteiger partial charge is 0.336 e. The van der Waals surface area contributed by atoms with Crippen molar-refractivity contribution in [3.8, 4) is 0 Å². The topological polar surface area (TPSA) is 66.4 Å². The van der Waals surface area contributed by atoms with Crippen LogP contribution in [0.1, 0.15) is 48.2 Å². The van der Waals surface area contributed by atoms with Crippen molar-refractivity contribution in [1.29, 1.82) is 0 Å². The van der Waals surface area contributed by atoms with Crippen molar-refractivity contribution in [2.75, 3.05) is 5.32 Å². The first-order valence-electron chi connectivity index (χ1n) is 6.56. The molecule has 0 bridgehead atoms. The van der Waals surface area contributed by atoms with Gasteiger partial charge in [-0.25, -0.2) is 4.79 Å². The van der Waals surface area contributed by atoms with Gasteiger partial charge in [-0.05, 0) is 49.9 Å². The lowest BCUT2D eigenvalue weighted by Crippen LogP contribution is -2.22. The van der Waals surface area contributed by atoms with Gasteiger partial charge in [0.1, 0.15) is 0 Å². The Morgan fingerprint density at radius 2 is 1.79 bits per heavy atom. The molecule has 1 amide bonds.